The van der Waals surface area contributed by atoms with Gasteiger partial charge in [-0.1, -0.05) is 101 Å². The number of carbonyl (C=O) groups is 1. The zero-order valence-corrected chi connectivity index (χ0v) is 26.7. The number of aliphatic hydroxyl groups is 1. The zero-order chi connectivity index (χ0) is 30.1. The molecule has 0 saturated heterocycles. The highest BCUT2D eigenvalue weighted by Gasteiger charge is 2.50. The molecular weight excluding hydrogens is 540 g/mol. The van der Waals surface area contributed by atoms with E-state index in [9.17, 15) is 9.90 Å². The first-order valence-corrected chi connectivity index (χ1v) is 17.0. The number of furan rings is 1. The maximum Gasteiger partial charge on any atom is 0.334 e. The molecule has 0 radical (unpaired) electrons. The molecule has 1 N–H and O–H groups in total. The van der Waals surface area contributed by atoms with Gasteiger partial charge >= 0.3 is 5.97 Å². The molecule has 0 amide bonds. The summed E-state index contributed by atoms with van der Waals surface area (Å²) in [6.45, 7) is 13.4. The molecule has 0 aliphatic carbocycles. The molecule has 222 valence electrons. The van der Waals surface area contributed by atoms with Crippen LogP contribution in [0.1, 0.15) is 84.0 Å². The number of carbonyl (C=O) groups excluding carboxylic acids is 1. The number of aliphatic hydroxyl groups excluding tert-OH is 1. The van der Waals surface area contributed by atoms with Crippen molar-refractivity contribution in [3.8, 4) is 0 Å². The van der Waals surface area contributed by atoms with Crippen molar-refractivity contribution in [3.63, 3.8) is 0 Å². The molecule has 2 aliphatic rings. The summed E-state index contributed by atoms with van der Waals surface area (Å²) >= 11 is 0. The summed E-state index contributed by atoms with van der Waals surface area (Å²) in [5, 5.41) is 14.1. The first kappa shape index (κ1) is 30.3. The van der Waals surface area contributed by atoms with E-state index in [1.165, 1.54) is 10.4 Å². The molecule has 0 fully saturated rings. The van der Waals surface area contributed by atoms with Gasteiger partial charge in [0.1, 0.15) is 23.7 Å². The molecule has 2 aliphatic heterocycles. The molecule has 4 bridgehead atoms. The predicted octanol–water partition coefficient (Wildman–Crippen LogP) is 7.10. The lowest BCUT2D eigenvalue weighted by Gasteiger charge is -2.43. The molecule has 0 unspecified atom stereocenters. The molecule has 1 aromatic heterocycles. The highest BCUT2D eigenvalue weighted by Crippen LogP contribution is 2.41. The number of fused-ring (bicyclic) bond motifs is 3. The fourth-order valence-corrected chi connectivity index (χ4v) is 11.2. The van der Waals surface area contributed by atoms with Crippen molar-refractivity contribution in [2.75, 3.05) is 0 Å². The normalized spacial score (nSPS) is 22.9. The Hall–Kier alpha value is -3.19. The first-order valence-electron chi connectivity index (χ1n) is 15.1. The van der Waals surface area contributed by atoms with Crippen molar-refractivity contribution in [2.24, 2.45) is 11.8 Å². The van der Waals surface area contributed by atoms with Gasteiger partial charge in [-0.15, -0.1) is 0 Å². The summed E-state index contributed by atoms with van der Waals surface area (Å²) in [5.41, 5.74) is 2.62. The van der Waals surface area contributed by atoms with E-state index in [1.54, 1.807) is 0 Å². The second kappa shape index (κ2) is 12.2. The largest absolute Gasteiger partial charge is 0.459 e. The van der Waals surface area contributed by atoms with Crippen LogP contribution in [0.5, 0.6) is 0 Å². The van der Waals surface area contributed by atoms with Crippen LogP contribution in [-0.4, -0.2) is 25.5 Å². The van der Waals surface area contributed by atoms with Crippen LogP contribution in [-0.2, 0) is 20.6 Å². The number of esters is 1. The van der Waals surface area contributed by atoms with Crippen LogP contribution in [0, 0.1) is 11.8 Å². The lowest BCUT2D eigenvalue weighted by atomic mass is 9.83. The topological polar surface area (TPSA) is 68.9 Å². The molecule has 42 heavy (non-hydrogen) atoms. The van der Waals surface area contributed by atoms with Crippen molar-refractivity contribution >= 4 is 30.7 Å². The van der Waals surface area contributed by atoms with E-state index in [4.69, 9.17) is 13.6 Å². The van der Waals surface area contributed by atoms with Crippen LogP contribution in [0.25, 0.3) is 6.08 Å². The summed E-state index contributed by atoms with van der Waals surface area (Å²) < 4.78 is 19.3. The quantitative estimate of drug-likeness (QED) is 0.247. The highest BCUT2D eigenvalue weighted by atomic mass is 28.4. The molecular formula is C36H44O5Si. The van der Waals surface area contributed by atoms with Crippen LogP contribution in [0.3, 0.4) is 0 Å². The van der Waals surface area contributed by atoms with Crippen molar-refractivity contribution in [1.29, 1.82) is 0 Å². The van der Waals surface area contributed by atoms with Crippen molar-refractivity contribution < 1.29 is 23.5 Å². The zero-order valence-electron chi connectivity index (χ0n) is 25.7. The molecule has 0 spiro atoms. The molecule has 5 rings (SSSR count). The summed E-state index contributed by atoms with van der Waals surface area (Å²) in [7, 11) is -2.80. The Morgan fingerprint density at radius 1 is 1.02 bits per heavy atom. The van der Waals surface area contributed by atoms with Crippen LogP contribution in [0.15, 0.2) is 88.4 Å². The van der Waals surface area contributed by atoms with Gasteiger partial charge in [0.05, 0.1) is 6.61 Å². The van der Waals surface area contributed by atoms with Crippen molar-refractivity contribution in [1.82, 2.24) is 0 Å². The minimum atomic E-state index is -2.80. The predicted molar refractivity (Wildman–Crippen MR) is 170 cm³/mol. The third kappa shape index (κ3) is 5.98. The lowest BCUT2D eigenvalue weighted by molar-refractivity contribution is -0.139. The molecule has 3 atom stereocenters. The minimum absolute atomic E-state index is 0.103. The standard InChI is InChI=1S/C36H44O5Si/c1-24(2)32-18-17-26-21-29(41-35(26)38)20-25(3)19-28-22-27(34(40-28)33(32)37)23-39-42(36(4,5)6,30-13-9-7-10-14-30)31-15-11-8-12-16-31/h7-16,19,21-22,24,29,32-33,37H,17-18,20,23H2,1-6H3/b25-19-/t29-,32-,33-/m0/s1. The summed E-state index contributed by atoms with van der Waals surface area (Å²) in [6, 6.07) is 23.2. The van der Waals surface area contributed by atoms with Gasteiger partial charge in [0.25, 0.3) is 8.32 Å². The molecule has 3 aromatic rings. The van der Waals surface area contributed by atoms with Gasteiger partial charge in [-0.25, -0.2) is 4.79 Å². The molecule has 3 heterocycles. The van der Waals surface area contributed by atoms with Crippen molar-refractivity contribution in [3.05, 3.63) is 101 Å². The summed E-state index contributed by atoms with van der Waals surface area (Å²) in [5.74, 6) is 1.08. The second-order valence-electron chi connectivity index (χ2n) is 13.2. The average molecular weight is 585 g/mol. The summed E-state index contributed by atoms with van der Waals surface area (Å²) in [4.78, 5) is 12.5. The Kier molecular flexibility index (Phi) is 8.79. The van der Waals surface area contributed by atoms with Gasteiger partial charge < -0.3 is 18.7 Å². The third-order valence-electron chi connectivity index (χ3n) is 8.82. The fraction of sp³-hybridized carbons (Fsp3) is 0.417. The van der Waals surface area contributed by atoms with Gasteiger partial charge in [0.2, 0.25) is 0 Å². The average Bonchev–Trinajstić information content (AvgIpc) is 3.50. The maximum absolute atomic E-state index is 12.5. The fourth-order valence-electron chi connectivity index (χ4n) is 6.66. The van der Waals surface area contributed by atoms with Gasteiger partial charge in [0, 0.05) is 17.6 Å². The van der Waals surface area contributed by atoms with E-state index in [-0.39, 0.29) is 28.9 Å². The van der Waals surface area contributed by atoms with E-state index in [0.29, 0.717) is 43.0 Å². The number of hydrogen-bond donors (Lipinski definition) is 1. The SMILES string of the molecule is C/C1=C/c2cc(CO[Si](c3ccccc3)(c3ccccc3)C(C)(C)C)c(o2)[C@@H](O)[C@H](C(C)C)CCC2=C[C@H](C1)OC2=O. The highest BCUT2D eigenvalue weighted by molar-refractivity contribution is 6.99. The Balaban J connectivity index is 1.58. The van der Waals surface area contributed by atoms with Crippen LogP contribution in [0.4, 0.5) is 0 Å². The smallest absolute Gasteiger partial charge is 0.334 e. The molecule has 5 nitrogen and oxygen atoms in total. The monoisotopic (exact) mass is 584 g/mol. The first-order chi connectivity index (χ1) is 20.0. The minimum Gasteiger partial charge on any atom is -0.459 e. The summed E-state index contributed by atoms with van der Waals surface area (Å²) in [6.07, 6.45) is 4.68. The van der Waals surface area contributed by atoms with Crippen LogP contribution in [0.2, 0.25) is 5.04 Å². The van der Waals surface area contributed by atoms with Gasteiger partial charge in [0.15, 0.2) is 0 Å². The van der Waals surface area contributed by atoms with E-state index < -0.39 is 14.4 Å². The van der Waals surface area contributed by atoms with Crippen LogP contribution >= 0.6 is 0 Å². The maximum atomic E-state index is 12.5. The Labute approximate surface area is 251 Å². The Morgan fingerprint density at radius 3 is 2.21 bits per heavy atom. The Morgan fingerprint density at radius 2 is 1.64 bits per heavy atom. The van der Waals surface area contributed by atoms with Crippen LogP contribution < -0.4 is 10.4 Å². The van der Waals surface area contributed by atoms with Gasteiger partial charge in [-0.3, -0.25) is 0 Å². The lowest BCUT2D eigenvalue weighted by Crippen LogP contribution is -2.66. The van der Waals surface area contributed by atoms with Gasteiger partial charge in [-0.2, -0.15) is 0 Å². The number of rotatable bonds is 6. The second-order valence-corrected chi connectivity index (χ2v) is 17.5. The number of benzene rings is 2. The number of ether oxygens (including phenoxy) is 1. The van der Waals surface area contributed by atoms with Crippen molar-refractivity contribution in [2.45, 2.75) is 84.7 Å². The Bertz CT molecular complexity index is 1410. The third-order valence-corrected chi connectivity index (χ3v) is 13.8. The van der Waals surface area contributed by atoms with Gasteiger partial charge in [-0.05, 0) is 65.2 Å². The molecule has 6 heteroatoms. The van der Waals surface area contributed by atoms with E-state index in [1.807, 2.05) is 37.3 Å². The van der Waals surface area contributed by atoms with E-state index in [0.717, 1.165) is 11.1 Å². The number of hydrogen-bond acceptors (Lipinski definition) is 5. The van der Waals surface area contributed by atoms with E-state index in [2.05, 4.69) is 83.1 Å². The molecule has 0 saturated carbocycles. The molecule has 2 aromatic carbocycles. The van der Waals surface area contributed by atoms with E-state index >= 15 is 0 Å².